The molecule has 0 fully saturated rings. The fraction of sp³-hybridized carbons (Fsp3) is 0.357. The van der Waals surface area contributed by atoms with E-state index in [4.69, 9.17) is 5.11 Å². The van der Waals surface area contributed by atoms with E-state index in [-0.39, 0.29) is 18.8 Å². The van der Waals surface area contributed by atoms with Gasteiger partial charge in [-0.05, 0) is 30.5 Å². The van der Waals surface area contributed by atoms with Crippen molar-refractivity contribution in [2.75, 3.05) is 5.32 Å². The van der Waals surface area contributed by atoms with Gasteiger partial charge in [-0.3, -0.25) is 14.9 Å². The zero-order valence-electron chi connectivity index (χ0n) is 11.8. The van der Waals surface area contributed by atoms with Crippen molar-refractivity contribution in [3.8, 4) is 0 Å². The van der Waals surface area contributed by atoms with Crippen LogP contribution in [0.1, 0.15) is 25.3 Å². The highest BCUT2D eigenvalue weighted by Gasteiger charge is 2.15. The maximum Gasteiger partial charge on any atom is 0.325 e. The lowest BCUT2D eigenvalue weighted by molar-refractivity contribution is -0.138. The van der Waals surface area contributed by atoms with E-state index in [0.29, 0.717) is 5.69 Å². The van der Waals surface area contributed by atoms with Crippen molar-refractivity contribution in [2.24, 2.45) is 5.92 Å². The molecule has 0 radical (unpaired) electrons. The van der Waals surface area contributed by atoms with Crippen molar-refractivity contribution in [1.29, 1.82) is 0 Å². The lowest BCUT2D eigenvalue weighted by Gasteiger charge is -2.11. The molecule has 21 heavy (non-hydrogen) atoms. The predicted octanol–water partition coefficient (Wildman–Crippen LogP) is 2.91. The molecule has 0 aromatic heterocycles. The number of aliphatic carboxylic acids is 1. The van der Waals surface area contributed by atoms with E-state index >= 15 is 0 Å². The number of anilines is 1. The molecule has 0 saturated carbocycles. The second-order valence-corrected chi connectivity index (χ2v) is 5.78. The summed E-state index contributed by atoms with van der Waals surface area (Å²) in [5, 5.41) is 13.4. The van der Waals surface area contributed by atoms with Crippen molar-refractivity contribution >= 4 is 39.5 Å². The molecule has 0 saturated heterocycles. The van der Waals surface area contributed by atoms with Crippen LogP contribution in [-0.4, -0.2) is 23.0 Å². The van der Waals surface area contributed by atoms with Gasteiger partial charge in [0, 0.05) is 23.0 Å². The van der Waals surface area contributed by atoms with E-state index in [1.54, 1.807) is 13.0 Å². The Hall–Kier alpha value is -1.89. The molecule has 114 valence electrons. The van der Waals surface area contributed by atoms with Gasteiger partial charge in [0.15, 0.2) is 0 Å². The van der Waals surface area contributed by atoms with Crippen LogP contribution >= 0.6 is 15.9 Å². The topological polar surface area (TPSA) is 95.5 Å². The number of imide groups is 1. The largest absolute Gasteiger partial charge is 0.481 e. The van der Waals surface area contributed by atoms with Gasteiger partial charge in [-0.15, -0.1) is 0 Å². The molecule has 1 aromatic carbocycles. The summed E-state index contributed by atoms with van der Waals surface area (Å²) in [6.07, 6.45) is -0.128. The van der Waals surface area contributed by atoms with Crippen molar-refractivity contribution < 1.29 is 19.5 Å². The number of benzene rings is 1. The molecule has 0 aliphatic carbocycles. The summed E-state index contributed by atoms with van der Waals surface area (Å²) >= 11 is 3.30. The number of rotatable bonds is 5. The summed E-state index contributed by atoms with van der Waals surface area (Å²) in [5.74, 6) is -1.80. The maximum atomic E-state index is 11.7. The Morgan fingerprint density at radius 2 is 1.95 bits per heavy atom. The van der Waals surface area contributed by atoms with Gasteiger partial charge >= 0.3 is 12.0 Å². The van der Waals surface area contributed by atoms with E-state index in [9.17, 15) is 14.4 Å². The standard InChI is InChI=1S/C14H17BrN2O4/c1-8(6-13(19)20)5-12(18)17-14(21)16-11-7-10(15)4-3-9(11)2/h3-4,7-8H,5-6H2,1-2H3,(H,19,20)(H2,16,17,18,21). The number of carboxylic acids is 1. The van der Waals surface area contributed by atoms with Gasteiger partial charge in [0.25, 0.3) is 0 Å². The first-order valence-electron chi connectivity index (χ1n) is 6.36. The molecule has 1 unspecified atom stereocenters. The summed E-state index contributed by atoms with van der Waals surface area (Å²) in [7, 11) is 0. The highest BCUT2D eigenvalue weighted by Crippen LogP contribution is 2.20. The average Bonchev–Trinajstić information content (AvgIpc) is 2.32. The van der Waals surface area contributed by atoms with Gasteiger partial charge in [-0.25, -0.2) is 4.79 Å². The fourth-order valence-corrected chi connectivity index (χ4v) is 2.11. The molecule has 3 N–H and O–H groups in total. The van der Waals surface area contributed by atoms with Gasteiger partial charge in [-0.1, -0.05) is 28.9 Å². The second-order valence-electron chi connectivity index (χ2n) is 4.87. The second kappa shape index (κ2) is 7.78. The lowest BCUT2D eigenvalue weighted by atomic mass is 10.0. The molecule has 0 bridgehead atoms. The molecule has 0 aliphatic heterocycles. The Kier molecular flexibility index (Phi) is 6.36. The molecule has 1 atom stereocenters. The third kappa shape index (κ3) is 6.40. The van der Waals surface area contributed by atoms with Crippen LogP contribution in [-0.2, 0) is 9.59 Å². The van der Waals surface area contributed by atoms with Crippen molar-refractivity contribution in [3.05, 3.63) is 28.2 Å². The third-order valence-corrected chi connectivity index (χ3v) is 3.25. The minimum Gasteiger partial charge on any atom is -0.481 e. The van der Waals surface area contributed by atoms with Crippen LogP contribution in [0.25, 0.3) is 0 Å². The molecule has 0 aliphatic rings. The smallest absolute Gasteiger partial charge is 0.325 e. The van der Waals surface area contributed by atoms with E-state index in [1.807, 2.05) is 19.1 Å². The minimum absolute atomic E-state index is 0.0167. The summed E-state index contributed by atoms with van der Waals surface area (Å²) in [6, 6.07) is 4.77. The first kappa shape index (κ1) is 17.2. The first-order valence-corrected chi connectivity index (χ1v) is 7.16. The summed E-state index contributed by atoms with van der Waals surface area (Å²) in [4.78, 5) is 33.8. The highest BCUT2D eigenvalue weighted by atomic mass is 79.9. The molecule has 0 heterocycles. The molecular weight excluding hydrogens is 340 g/mol. The Bertz CT molecular complexity index is 560. The number of carboxylic acid groups (broad SMARTS) is 1. The number of aryl methyl sites for hydroxylation is 1. The number of amides is 3. The highest BCUT2D eigenvalue weighted by molar-refractivity contribution is 9.10. The van der Waals surface area contributed by atoms with E-state index < -0.39 is 17.9 Å². The van der Waals surface area contributed by atoms with Crippen molar-refractivity contribution in [2.45, 2.75) is 26.7 Å². The number of halogens is 1. The molecular formula is C14H17BrN2O4. The van der Waals surface area contributed by atoms with Gasteiger partial charge in [0.05, 0.1) is 0 Å². The number of carbonyl (C=O) groups excluding carboxylic acids is 2. The third-order valence-electron chi connectivity index (χ3n) is 2.76. The van der Waals surface area contributed by atoms with Gasteiger partial charge in [-0.2, -0.15) is 0 Å². The molecule has 0 spiro atoms. The van der Waals surface area contributed by atoms with Crippen LogP contribution < -0.4 is 10.6 Å². The Morgan fingerprint density at radius 1 is 1.29 bits per heavy atom. The minimum atomic E-state index is -0.968. The summed E-state index contributed by atoms with van der Waals surface area (Å²) in [6.45, 7) is 3.48. The van der Waals surface area contributed by atoms with Crippen molar-refractivity contribution in [3.63, 3.8) is 0 Å². The fourth-order valence-electron chi connectivity index (χ4n) is 1.75. The Balaban J connectivity index is 2.51. The van der Waals surface area contributed by atoms with Crippen LogP contribution in [0.15, 0.2) is 22.7 Å². The normalized spacial score (nSPS) is 11.6. The number of urea groups is 1. The number of nitrogens with one attached hydrogen (secondary N) is 2. The Morgan fingerprint density at radius 3 is 2.57 bits per heavy atom. The van der Waals surface area contributed by atoms with Crippen LogP contribution in [0.4, 0.5) is 10.5 Å². The maximum absolute atomic E-state index is 11.7. The van der Waals surface area contributed by atoms with E-state index in [2.05, 4.69) is 26.6 Å². The number of hydrogen-bond donors (Lipinski definition) is 3. The number of carbonyl (C=O) groups is 3. The van der Waals surface area contributed by atoms with Gasteiger partial charge in [0.1, 0.15) is 0 Å². The zero-order chi connectivity index (χ0) is 16.0. The quantitative estimate of drug-likeness (QED) is 0.755. The molecule has 7 heteroatoms. The van der Waals surface area contributed by atoms with Crippen LogP contribution in [0.5, 0.6) is 0 Å². The molecule has 1 aromatic rings. The van der Waals surface area contributed by atoms with E-state index in [0.717, 1.165) is 10.0 Å². The monoisotopic (exact) mass is 356 g/mol. The van der Waals surface area contributed by atoms with Crippen LogP contribution in [0, 0.1) is 12.8 Å². The predicted molar refractivity (Wildman–Crippen MR) is 82.1 cm³/mol. The molecule has 1 rings (SSSR count). The number of hydrogen-bond acceptors (Lipinski definition) is 3. The summed E-state index contributed by atoms with van der Waals surface area (Å²) < 4.78 is 0.810. The van der Waals surface area contributed by atoms with Gasteiger partial charge in [0.2, 0.25) is 5.91 Å². The molecule has 3 amide bonds. The van der Waals surface area contributed by atoms with E-state index in [1.165, 1.54) is 0 Å². The SMILES string of the molecule is Cc1ccc(Br)cc1NC(=O)NC(=O)CC(C)CC(=O)O. The average molecular weight is 357 g/mol. The van der Waals surface area contributed by atoms with Crippen LogP contribution in [0.2, 0.25) is 0 Å². The lowest BCUT2D eigenvalue weighted by Crippen LogP contribution is -2.35. The van der Waals surface area contributed by atoms with Gasteiger partial charge < -0.3 is 10.4 Å². The summed E-state index contributed by atoms with van der Waals surface area (Å²) in [5.41, 5.74) is 1.45. The van der Waals surface area contributed by atoms with Crippen molar-refractivity contribution in [1.82, 2.24) is 5.32 Å². The molecule has 6 nitrogen and oxygen atoms in total. The zero-order valence-corrected chi connectivity index (χ0v) is 13.4. The Labute approximate surface area is 131 Å². The van der Waals surface area contributed by atoms with Crippen LogP contribution in [0.3, 0.4) is 0 Å². The first-order chi connectivity index (χ1) is 9.77.